The fourth-order valence-corrected chi connectivity index (χ4v) is 3.58. The van der Waals surface area contributed by atoms with Crippen LogP contribution in [0.1, 0.15) is 32.6 Å². The van der Waals surface area contributed by atoms with E-state index < -0.39 is 0 Å². The highest BCUT2D eigenvalue weighted by atomic mass is 32.1. The van der Waals surface area contributed by atoms with Gasteiger partial charge in [-0.25, -0.2) is 0 Å². The van der Waals surface area contributed by atoms with E-state index in [0.717, 1.165) is 30.7 Å². The van der Waals surface area contributed by atoms with Crippen molar-refractivity contribution in [2.75, 3.05) is 26.2 Å². The van der Waals surface area contributed by atoms with E-state index in [1.807, 2.05) is 40.7 Å². The van der Waals surface area contributed by atoms with Crippen LogP contribution in [0.2, 0.25) is 0 Å². The number of aromatic nitrogens is 3. The molecule has 2 amide bonds. The molecular formula is C20H27N5O3S. The van der Waals surface area contributed by atoms with Gasteiger partial charge in [-0.15, -0.1) is 0 Å². The first-order valence-electron chi connectivity index (χ1n) is 10.0. The average molecular weight is 418 g/mol. The lowest BCUT2D eigenvalue weighted by Gasteiger charge is -2.15. The third-order valence-corrected chi connectivity index (χ3v) is 5.15. The van der Waals surface area contributed by atoms with Crippen LogP contribution in [0, 0.1) is 4.77 Å². The van der Waals surface area contributed by atoms with E-state index in [2.05, 4.69) is 15.5 Å². The molecule has 1 aromatic heterocycles. The van der Waals surface area contributed by atoms with Crippen molar-refractivity contribution >= 4 is 24.0 Å². The third-order valence-electron chi connectivity index (χ3n) is 4.84. The molecule has 1 aliphatic heterocycles. The zero-order valence-electron chi connectivity index (χ0n) is 16.6. The molecule has 0 radical (unpaired) electrons. The minimum absolute atomic E-state index is 0.0431. The van der Waals surface area contributed by atoms with Gasteiger partial charge in [0.05, 0.1) is 6.61 Å². The minimum atomic E-state index is -0.0431. The first-order chi connectivity index (χ1) is 14.1. The van der Waals surface area contributed by atoms with Crippen LogP contribution in [-0.2, 0) is 16.1 Å². The first-order valence-corrected chi connectivity index (χ1v) is 10.4. The zero-order valence-corrected chi connectivity index (χ0v) is 17.5. The second kappa shape index (κ2) is 10.2. The second-order valence-corrected chi connectivity index (χ2v) is 7.29. The van der Waals surface area contributed by atoms with Crippen molar-refractivity contribution in [3.63, 3.8) is 0 Å². The number of nitrogens with one attached hydrogen (secondary N) is 2. The van der Waals surface area contributed by atoms with Gasteiger partial charge in [0.15, 0.2) is 10.6 Å². The molecule has 29 heavy (non-hydrogen) atoms. The molecule has 1 aromatic carbocycles. The number of likely N-dealkylation sites (tertiary alicyclic amines) is 1. The Morgan fingerprint density at radius 1 is 1.31 bits per heavy atom. The molecule has 0 atom stereocenters. The van der Waals surface area contributed by atoms with Gasteiger partial charge in [0.25, 0.3) is 0 Å². The average Bonchev–Trinajstić information content (AvgIpc) is 3.30. The monoisotopic (exact) mass is 417 g/mol. The summed E-state index contributed by atoms with van der Waals surface area (Å²) < 4.78 is 7.77. The minimum Gasteiger partial charge on any atom is -0.494 e. The van der Waals surface area contributed by atoms with E-state index in [4.69, 9.17) is 17.0 Å². The summed E-state index contributed by atoms with van der Waals surface area (Å²) >= 11 is 5.32. The van der Waals surface area contributed by atoms with Crippen molar-refractivity contribution in [2.24, 2.45) is 0 Å². The molecule has 9 heteroatoms. The van der Waals surface area contributed by atoms with E-state index >= 15 is 0 Å². The normalized spacial score (nSPS) is 13.7. The Bertz CT molecular complexity index is 890. The standard InChI is InChI=1S/C20H27N5O3S/c1-2-28-16-8-6-15(7-9-16)19-22-23-20(29)25(19)14-10-17(26)21-11-4-13-24-12-3-5-18(24)27/h6-9H,2-5,10-14H2,1H3,(H,21,26)(H,23,29). The molecule has 1 fully saturated rings. The fourth-order valence-electron chi connectivity index (χ4n) is 3.35. The molecule has 0 saturated carbocycles. The van der Waals surface area contributed by atoms with Crippen molar-refractivity contribution in [3.05, 3.63) is 29.0 Å². The Morgan fingerprint density at radius 3 is 2.79 bits per heavy atom. The number of H-pyrrole nitrogens is 1. The number of carbonyl (C=O) groups excluding carboxylic acids is 2. The smallest absolute Gasteiger partial charge is 0.222 e. The first kappa shape index (κ1) is 21.0. The van der Waals surface area contributed by atoms with Crippen LogP contribution >= 0.6 is 12.2 Å². The summed E-state index contributed by atoms with van der Waals surface area (Å²) in [4.78, 5) is 25.6. The summed E-state index contributed by atoms with van der Waals surface area (Å²) in [6.45, 7) is 5.09. The molecule has 1 saturated heterocycles. The number of hydrogen-bond donors (Lipinski definition) is 2. The molecule has 2 N–H and O–H groups in total. The van der Waals surface area contributed by atoms with Gasteiger partial charge in [-0.05, 0) is 56.2 Å². The van der Waals surface area contributed by atoms with Crippen LogP contribution in [-0.4, -0.2) is 57.7 Å². The highest BCUT2D eigenvalue weighted by Gasteiger charge is 2.19. The van der Waals surface area contributed by atoms with Gasteiger partial charge in [0.1, 0.15) is 5.75 Å². The van der Waals surface area contributed by atoms with E-state index in [1.54, 1.807) is 0 Å². The second-order valence-electron chi connectivity index (χ2n) is 6.90. The molecule has 3 rings (SSSR count). The molecule has 2 aromatic rings. The largest absolute Gasteiger partial charge is 0.494 e. The van der Waals surface area contributed by atoms with Crippen LogP contribution in [0.4, 0.5) is 0 Å². The number of aromatic amines is 1. The summed E-state index contributed by atoms with van der Waals surface area (Å²) in [6.07, 6.45) is 2.65. The summed E-state index contributed by atoms with van der Waals surface area (Å²) in [7, 11) is 0. The quantitative estimate of drug-likeness (QED) is 0.458. The Balaban J connectivity index is 1.49. The van der Waals surface area contributed by atoms with Gasteiger partial charge >= 0.3 is 0 Å². The fraction of sp³-hybridized carbons (Fsp3) is 0.500. The predicted molar refractivity (Wildman–Crippen MR) is 112 cm³/mol. The Morgan fingerprint density at radius 2 is 2.10 bits per heavy atom. The molecule has 0 aliphatic carbocycles. The third kappa shape index (κ3) is 5.66. The lowest BCUT2D eigenvalue weighted by molar-refractivity contribution is -0.127. The van der Waals surface area contributed by atoms with Crippen molar-refractivity contribution in [3.8, 4) is 17.1 Å². The van der Waals surface area contributed by atoms with E-state index in [0.29, 0.717) is 49.7 Å². The number of ether oxygens (including phenoxy) is 1. The molecule has 1 aliphatic rings. The number of nitrogens with zero attached hydrogens (tertiary/aromatic N) is 3. The van der Waals surface area contributed by atoms with Gasteiger partial charge in [-0.2, -0.15) is 5.10 Å². The van der Waals surface area contributed by atoms with Crippen molar-refractivity contribution in [1.29, 1.82) is 0 Å². The molecular weight excluding hydrogens is 390 g/mol. The highest BCUT2D eigenvalue weighted by molar-refractivity contribution is 7.71. The number of carbonyl (C=O) groups is 2. The lowest BCUT2D eigenvalue weighted by Crippen LogP contribution is -2.31. The lowest BCUT2D eigenvalue weighted by atomic mass is 10.2. The van der Waals surface area contributed by atoms with Crippen LogP contribution in [0.25, 0.3) is 11.4 Å². The summed E-state index contributed by atoms with van der Waals surface area (Å²) in [5.74, 6) is 1.66. The van der Waals surface area contributed by atoms with Crippen LogP contribution in [0.5, 0.6) is 5.75 Å². The SMILES string of the molecule is CCOc1ccc(-c2n[nH]c(=S)n2CCC(=O)NCCCN2CCCC2=O)cc1. The predicted octanol–water partition coefficient (Wildman–Crippen LogP) is 2.53. The summed E-state index contributed by atoms with van der Waals surface area (Å²) in [5.41, 5.74) is 0.900. The van der Waals surface area contributed by atoms with Gasteiger partial charge < -0.3 is 15.0 Å². The van der Waals surface area contributed by atoms with Gasteiger partial charge in [0.2, 0.25) is 11.8 Å². The molecule has 0 spiro atoms. The van der Waals surface area contributed by atoms with Crippen LogP contribution in [0.3, 0.4) is 0 Å². The summed E-state index contributed by atoms with van der Waals surface area (Å²) in [6, 6.07) is 7.62. The molecule has 2 heterocycles. The number of rotatable bonds is 10. The zero-order chi connectivity index (χ0) is 20.6. The van der Waals surface area contributed by atoms with Gasteiger partial charge in [0, 0.05) is 44.6 Å². The van der Waals surface area contributed by atoms with Crippen molar-refractivity contribution < 1.29 is 14.3 Å². The number of hydrogen-bond acceptors (Lipinski definition) is 5. The maximum absolute atomic E-state index is 12.2. The maximum atomic E-state index is 12.2. The van der Waals surface area contributed by atoms with E-state index in [9.17, 15) is 9.59 Å². The van der Waals surface area contributed by atoms with Crippen LogP contribution in [0.15, 0.2) is 24.3 Å². The molecule has 0 unspecified atom stereocenters. The number of amides is 2. The van der Waals surface area contributed by atoms with Gasteiger partial charge in [-0.1, -0.05) is 0 Å². The van der Waals surface area contributed by atoms with Crippen molar-refractivity contribution in [2.45, 2.75) is 39.2 Å². The topological polar surface area (TPSA) is 92.2 Å². The molecule has 0 bridgehead atoms. The van der Waals surface area contributed by atoms with E-state index in [-0.39, 0.29) is 11.8 Å². The van der Waals surface area contributed by atoms with Crippen LogP contribution < -0.4 is 10.1 Å². The highest BCUT2D eigenvalue weighted by Crippen LogP contribution is 2.21. The Hall–Kier alpha value is -2.68. The molecule has 8 nitrogen and oxygen atoms in total. The number of benzene rings is 1. The molecule has 156 valence electrons. The Kier molecular flexibility index (Phi) is 7.40. The maximum Gasteiger partial charge on any atom is 0.222 e. The van der Waals surface area contributed by atoms with Crippen molar-refractivity contribution in [1.82, 2.24) is 25.0 Å². The van der Waals surface area contributed by atoms with Gasteiger partial charge in [-0.3, -0.25) is 19.3 Å². The van der Waals surface area contributed by atoms with E-state index in [1.165, 1.54) is 0 Å². The summed E-state index contributed by atoms with van der Waals surface area (Å²) in [5, 5.41) is 10.0. The Labute approximate surface area is 175 Å².